The molecule has 25 heavy (non-hydrogen) atoms. The molecular weight excluding hydrogens is 324 g/mol. The van der Waals surface area contributed by atoms with Crippen molar-refractivity contribution in [2.75, 3.05) is 29.9 Å². The maximum Gasteiger partial charge on any atom is 0.415 e. The van der Waals surface area contributed by atoms with E-state index >= 15 is 0 Å². The molecule has 0 N–H and O–H groups in total. The van der Waals surface area contributed by atoms with Crippen molar-refractivity contribution in [3.63, 3.8) is 0 Å². The first-order chi connectivity index (χ1) is 11.7. The molecule has 0 radical (unpaired) electrons. The van der Waals surface area contributed by atoms with Crippen LogP contribution < -0.4 is 9.80 Å². The second-order valence-corrected chi connectivity index (χ2v) is 6.90. The minimum atomic E-state index is -0.589. The lowest BCUT2D eigenvalue weighted by atomic mass is 10.1. The van der Waals surface area contributed by atoms with Gasteiger partial charge < -0.3 is 9.64 Å². The van der Waals surface area contributed by atoms with E-state index < -0.39 is 11.7 Å². The van der Waals surface area contributed by atoms with Gasteiger partial charge in [0, 0.05) is 31.5 Å². The zero-order valence-electron chi connectivity index (χ0n) is 14.8. The van der Waals surface area contributed by atoms with Crippen LogP contribution >= 0.6 is 0 Å². The minimum Gasteiger partial charge on any atom is -0.443 e. The lowest BCUT2D eigenvalue weighted by Gasteiger charge is -2.24. The van der Waals surface area contributed by atoms with Crippen LogP contribution in [-0.2, 0) is 9.53 Å². The molecule has 1 fully saturated rings. The van der Waals surface area contributed by atoms with E-state index in [4.69, 9.17) is 10.3 Å². The van der Waals surface area contributed by atoms with E-state index in [1.165, 1.54) is 4.90 Å². The number of hydrogen-bond donors (Lipinski definition) is 0. The van der Waals surface area contributed by atoms with Gasteiger partial charge >= 0.3 is 6.09 Å². The molecule has 0 saturated carbocycles. The predicted octanol–water partition coefficient (Wildman–Crippen LogP) is 3.12. The third-order valence-corrected chi connectivity index (χ3v) is 3.66. The summed E-state index contributed by atoms with van der Waals surface area (Å²) in [6.45, 7) is 6.16. The summed E-state index contributed by atoms with van der Waals surface area (Å²) < 4.78 is 5.30. The van der Waals surface area contributed by atoms with Gasteiger partial charge in [0.2, 0.25) is 5.91 Å². The van der Waals surface area contributed by atoms with Crippen molar-refractivity contribution in [2.45, 2.75) is 32.8 Å². The fraction of sp³-hybridized carbons (Fsp3) is 0.562. The fourth-order valence-corrected chi connectivity index (χ4v) is 2.47. The van der Waals surface area contributed by atoms with Crippen LogP contribution in [0.5, 0.6) is 0 Å². The lowest BCUT2D eigenvalue weighted by Crippen LogP contribution is -2.34. The first-order valence-electron chi connectivity index (χ1n) is 7.95. The second kappa shape index (κ2) is 7.40. The van der Waals surface area contributed by atoms with Gasteiger partial charge in [0.15, 0.2) is 0 Å². The Hall–Kier alpha value is -2.80. The Bertz CT molecular complexity index is 691. The van der Waals surface area contributed by atoms with Gasteiger partial charge in [-0.05, 0) is 44.4 Å². The van der Waals surface area contributed by atoms with Crippen molar-refractivity contribution in [3.05, 3.63) is 28.8 Å². The highest BCUT2D eigenvalue weighted by Crippen LogP contribution is 2.26. The topological polar surface area (TPSA) is 112 Å². The highest BCUT2D eigenvalue weighted by molar-refractivity contribution is 5.95. The summed E-state index contributed by atoms with van der Waals surface area (Å²) in [5, 5.41) is 3.53. The Balaban J connectivity index is 2.06. The number of nitrogens with zero attached hydrogens (tertiary/aromatic N) is 6. The molecule has 0 aromatic carbocycles. The standard InChI is InChI=1S/C16H22N6O3/c1-16(2,3)25-15(24)21(4)13-6-5-12(9-18-13)22-10-11(7-14(22)23)8-19-20-17/h5-6,9,11H,7-8,10H2,1-4H3. The summed E-state index contributed by atoms with van der Waals surface area (Å²) in [5.41, 5.74) is 8.44. The smallest absolute Gasteiger partial charge is 0.415 e. The highest BCUT2D eigenvalue weighted by atomic mass is 16.6. The van der Waals surface area contributed by atoms with Gasteiger partial charge in [-0.3, -0.25) is 9.69 Å². The number of ether oxygens (including phenoxy) is 1. The molecule has 1 unspecified atom stereocenters. The zero-order chi connectivity index (χ0) is 18.6. The van der Waals surface area contributed by atoms with E-state index in [9.17, 15) is 9.59 Å². The van der Waals surface area contributed by atoms with Gasteiger partial charge in [0.05, 0.1) is 11.9 Å². The molecule has 1 aliphatic rings. The molecule has 0 spiro atoms. The van der Waals surface area contributed by atoms with Crippen LogP contribution in [0.3, 0.4) is 0 Å². The maximum absolute atomic E-state index is 12.1. The fourth-order valence-electron chi connectivity index (χ4n) is 2.47. The molecule has 2 heterocycles. The van der Waals surface area contributed by atoms with Crippen LogP contribution in [-0.4, -0.2) is 42.7 Å². The van der Waals surface area contributed by atoms with Crippen LogP contribution in [0.15, 0.2) is 23.4 Å². The Labute approximate surface area is 146 Å². The Morgan fingerprint density at radius 3 is 2.80 bits per heavy atom. The second-order valence-electron chi connectivity index (χ2n) is 6.90. The van der Waals surface area contributed by atoms with Crippen molar-refractivity contribution in [2.24, 2.45) is 11.0 Å². The van der Waals surface area contributed by atoms with E-state index in [1.54, 1.807) is 51.0 Å². The molecule has 1 aliphatic heterocycles. The number of rotatable bonds is 4. The molecule has 1 saturated heterocycles. The number of amides is 2. The summed E-state index contributed by atoms with van der Waals surface area (Å²) in [6, 6.07) is 3.39. The van der Waals surface area contributed by atoms with Crippen molar-refractivity contribution in [1.82, 2.24) is 4.98 Å². The predicted molar refractivity (Wildman–Crippen MR) is 93.3 cm³/mol. The molecule has 134 valence electrons. The van der Waals surface area contributed by atoms with Crippen LogP contribution in [0.4, 0.5) is 16.3 Å². The molecule has 1 atom stereocenters. The third kappa shape index (κ3) is 4.84. The van der Waals surface area contributed by atoms with Gasteiger partial charge in [-0.2, -0.15) is 0 Å². The largest absolute Gasteiger partial charge is 0.443 e. The zero-order valence-corrected chi connectivity index (χ0v) is 14.8. The number of carbonyl (C=O) groups excluding carboxylic acids is 2. The van der Waals surface area contributed by atoms with Crippen LogP contribution in [0, 0.1) is 5.92 Å². The van der Waals surface area contributed by atoms with E-state index in [1.807, 2.05) is 0 Å². The molecule has 0 bridgehead atoms. The quantitative estimate of drug-likeness (QED) is 0.473. The normalized spacial score (nSPS) is 17.2. The molecule has 1 aromatic rings. The van der Waals surface area contributed by atoms with Gasteiger partial charge in [-0.15, -0.1) is 0 Å². The SMILES string of the molecule is CN(C(=O)OC(C)(C)C)c1ccc(N2CC(CN=[N+]=[N-])CC2=O)cn1. The lowest BCUT2D eigenvalue weighted by molar-refractivity contribution is -0.117. The monoisotopic (exact) mass is 346 g/mol. The van der Waals surface area contributed by atoms with Gasteiger partial charge in [0.25, 0.3) is 0 Å². The number of pyridine rings is 1. The summed E-state index contributed by atoms with van der Waals surface area (Å²) in [5.74, 6) is 0.399. The van der Waals surface area contributed by atoms with Crippen LogP contribution in [0.25, 0.3) is 10.4 Å². The van der Waals surface area contributed by atoms with Crippen LogP contribution in [0.2, 0.25) is 0 Å². The first-order valence-corrected chi connectivity index (χ1v) is 7.95. The van der Waals surface area contributed by atoms with E-state index in [-0.39, 0.29) is 11.8 Å². The van der Waals surface area contributed by atoms with Crippen molar-refractivity contribution in [1.29, 1.82) is 0 Å². The van der Waals surface area contributed by atoms with E-state index in [0.717, 1.165) is 0 Å². The highest BCUT2D eigenvalue weighted by Gasteiger charge is 2.30. The van der Waals surface area contributed by atoms with E-state index in [2.05, 4.69) is 15.0 Å². The minimum absolute atomic E-state index is 0.00696. The summed E-state index contributed by atoms with van der Waals surface area (Å²) in [4.78, 5) is 34.1. The van der Waals surface area contributed by atoms with Crippen molar-refractivity contribution >= 4 is 23.5 Å². The number of aromatic nitrogens is 1. The summed E-state index contributed by atoms with van der Waals surface area (Å²) in [6.07, 6.45) is 1.39. The van der Waals surface area contributed by atoms with Crippen molar-refractivity contribution in [3.8, 4) is 0 Å². The van der Waals surface area contributed by atoms with E-state index in [0.29, 0.717) is 31.0 Å². The molecular formula is C16H22N6O3. The maximum atomic E-state index is 12.1. The average Bonchev–Trinajstić information content (AvgIpc) is 2.91. The van der Waals surface area contributed by atoms with Gasteiger partial charge in [-0.1, -0.05) is 5.11 Å². The third-order valence-electron chi connectivity index (χ3n) is 3.66. The molecule has 9 nitrogen and oxygen atoms in total. The van der Waals surface area contributed by atoms with Gasteiger partial charge in [0.1, 0.15) is 11.4 Å². The molecule has 2 rings (SSSR count). The number of hydrogen-bond acceptors (Lipinski definition) is 5. The Kier molecular flexibility index (Phi) is 5.48. The summed E-state index contributed by atoms with van der Waals surface area (Å²) >= 11 is 0. The Morgan fingerprint density at radius 1 is 1.52 bits per heavy atom. The first kappa shape index (κ1) is 18.5. The Morgan fingerprint density at radius 2 is 2.24 bits per heavy atom. The molecule has 9 heteroatoms. The number of carbonyl (C=O) groups is 2. The molecule has 0 aliphatic carbocycles. The van der Waals surface area contributed by atoms with Crippen molar-refractivity contribution < 1.29 is 14.3 Å². The van der Waals surface area contributed by atoms with Crippen LogP contribution in [0.1, 0.15) is 27.2 Å². The average molecular weight is 346 g/mol. The molecule has 1 aromatic heterocycles. The van der Waals surface area contributed by atoms with Gasteiger partial charge in [-0.25, -0.2) is 9.78 Å². The summed E-state index contributed by atoms with van der Waals surface area (Å²) in [7, 11) is 1.58. The number of azide groups is 1. The number of anilines is 2. The molecule has 2 amide bonds.